The maximum absolute atomic E-state index is 13.2. The Morgan fingerprint density at radius 2 is 1.79 bits per heavy atom. The van der Waals surface area contributed by atoms with Gasteiger partial charge in [0.25, 0.3) is 0 Å². The second-order valence-electron chi connectivity index (χ2n) is 8.25. The van der Waals surface area contributed by atoms with E-state index in [2.05, 4.69) is 0 Å². The van der Waals surface area contributed by atoms with Crippen LogP contribution in [0.4, 0.5) is 0 Å². The van der Waals surface area contributed by atoms with Crippen LogP contribution in [0.2, 0.25) is 0 Å². The molecule has 0 aliphatic heterocycles. The van der Waals surface area contributed by atoms with Gasteiger partial charge in [0.05, 0.1) is 22.0 Å². The number of aliphatic hydroxyl groups excluding tert-OH is 3. The van der Waals surface area contributed by atoms with Gasteiger partial charge < -0.3 is 20.4 Å². The molecule has 7 nitrogen and oxygen atoms in total. The molecule has 156 valence electrons. The van der Waals surface area contributed by atoms with E-state index in [0.717, 1.165) is 13.0 Å². The highest BCUT2D eigenvalue weighted by Crippen LogP contribution is 2.64. The molecule has 0 aromatic rings. The lowest BCUT2D eigenvalue weighted by Gasteiger charge is -2.61. The van der Waals surface area contributed by atoms with Gasteiger partial charge in [0.1, 0.15) is 17.5 Å². The van der Waals surface area contributed by atoms with Gasteiger partial charge in [-0.15, -0.1) is 0 Å². The summed E-state index contributed by atoms with van der Waals surface area (Å²) < 4.78 is 0. The number of halogens is 1. The maximum Gasteiger partial charge on any atom is 0.183 e. The molecule has 2 bridgehead atoms. The molecule has 3 fully saturated rings. The normalized spacial score (nSPS) is 44.3. The van der Waals surface area contributed by atoms with Gasteiger partial charge in [-0.05, 0) is 39.3 Å². The topological polar surface area (TPSA) is 132 Å². The van der Waals surface area contributed by atoms with Gasteiger partial charge in [-0.25, -0.2) is 0 Å². The average molecular weight is 423 g/mol. The lowest BCUT2D eigenvalue weighted by Crippen LogP contribution is -2.75. The molecule has 1 spiro atoms. The SMILES string of the molecule is C/C=C/C=C/C(O)=C1/C(=O)[C@@]2(C)C[C@@]3(C(=O)C(Cl)=C[C@H](O)[C@H]3O)[C@@H]1[C@](C)(O)C2=O. The fraction of sp³-hybridized carbons (Fsp3) is 0.476. The van der Waals surface area contributed by atoms with E-state index in [1.54, 1.807) is 19.1 Å². The number of carbonyl (C=O) groups is 3. The number of aliphatic hydroxyl groups is 4. The Bertz CT molecular complexity index is 925. The van der Waals surface area contributed by atoms with Gasteiger partial charge in [0.2, 0.25) is 0 Å². The monoisotopic (exact) mass is 422 g/mol. The number of hydrogen-bond donors (Lipinski definition) is 4. The molecular weight excluding hydrogens is 400 g/mol. The minimum atomic E-state index is -2.26. The van der Waals surface area contributed by atoms with Crippen molar-refractivity contribution >= 4 is 29.0 Å². The van der Waals surface area contributed by atoms with E-state index in [1.807, 2.05) is 0 Å². The minimum Gasteiger partial charge on any atom is -0.508 e. The van der Waals surface area contributed by atoms with Crippen molar-refractivity contribution in [2.75, 3.05) is 0 Å². The van der Waals surface area contributed by atoms with Crippen LogP contribution in [0.5, 0.6) is 0 Å². The number of fused-ring (bicyclic) bond motifs is 2. The van der Waals surface area contributed by atoms with Crippen LogP contribution in [0.3, 0.4) is 0 Å². The summed E-state index contributed by atoms with van der Waals surface area (Å²) in [6, 6.07) is 0. The van der Waals surface area contributed by atoms with Gasteiger partial charge in [-0.2, -0.15) is 0 Å². The molecule has 0 aromatic carbocycles. The minimum absolute atomic E-state index is 0.338. The van der Waals surface area contributed by atoms with Crippen LogP contribution in [0.1, 0.15) is 27.2 Å². The van der Waals surface area contributed by atoms with Crippen LogP contribution in [-0.4, -0.2) is 55.6 Å². The fourth-order valence-corrected chi connectivity index (χ4v) is 5.49. The predicted octanol–water partition coefficient (Wildman–Crippen LogP) is 1.27. The number of ketones is 3. The van der Waals surface area contributed by atoms with Crippen molar-refractivity contribution in [3.8, 4) is 0 Å². The van der Waals surface area contributed by atoms with Crippen LogP contribution in [0.15, 0.2) is 46.7 Å². The average Bonchev–Trinajstić information content (AvgIpc) is 2.65. The first-order valence-electron chi connectivity index (χ1n) is 9.20. The third kappa shape index (κ3) is 2.65. The van der Waals surface area contributed by atoms with Crippen LogP contribution in [-0.2, 0) is 14.4 Å². The highest BCUT2D eigenvalue weighted by molar-refractivity contribution is 6.44. The number of rotatable bonds is 2. The molecule has 0 heterocycles. The van der Waals surface area contributed by atoms with Crippen LogP contribution in [0, 0.1) is 16.7 Å². The zero-order valence-electron chi connectivity index (χ0n) is 16.2. The number of allylic oxidation sites excluding steroid dienone is 5. The van der Waals surface area contributed by atoms with E-state index >= 15 is 0 Å². The number of Topliss-reactive ketones (excluding diaryl/α,β-unsaturated/α-hetero) is 3. The van der Waals surface area contributed by atoms with Crippen molar-refractivity contribution in [3.63, 3.8) is 0 Å². The standard InChI is InChI=1S/C21H23ClO7/c1-4-5-6-7-11(23)13-14-20(3,29)18(28)19(2,17(13)27)9-21(14)15(25)10(22)8-12(24)16(21)26/h4-8,12,14,16,23-24,26,29H,9H2,1-3H3/b5-4+,7-6+,13-11-/t12-,14-,16+,19+,20-,21-/m0/s1. The van der Waals surface area contributed by atoms with E-state index in [-0.39, 0.29) is 10.6 Å². The molecule has 0 radical (unpaired) electrons. The molecule has 29 heavy (non-hydrogen) atoms. The number of carbonyl (C=O) groups excluding carboxylic acids is 3. The Balaban J connectivity index is 2.37. The Hall–Kier alpha value is -2.06. The van der Waals surface area contributed by atoms with Crippen LogP contribution in [0.25, 0.3) is 0 Å². The third-order valence-corrected chi connectivity index (χ3v) is 6.66. The van der Waals surface area contributed by atoms with E-state index in [1.165, 1.54) is 19.1 Å². The van der Waals surface area contributed by atoms with Gasteiger partial charge in [0, 0.05) is 11.5 Å². The first-order chi connectivity index (χ1) is 13.4. The quantitative estimate of drug-likeness (QED) is 0.228. The summed E-state index contributed by atoms with van der Waals surface area (Å²) in [6.07, 6.45) is 3.19. The maximum atomic E-state index is 13.2. The summed E-state index contributed by atoms with van der Waals surface area (Å²) in [4.78, 5) is 39.3. The molecule has 6 atom stereocenters. The molecule has 0 amide bonds. The lowest BCUT2D eigenvalue weighted by molar-refractivity contribution is -0.203. The van der Waals surface area contributed by atoms with Crippen LogP contribution < -0.4 is 0 Å². The summed E-state index contributed by atoms with van der Waals surface area (Å²) in [5.41, 5.74) is -6.44. The van der Waals surface area contributed by atoms with Crippen molar-refractivity contribution in [3.05, 3.63) is 46.7 Å². The molecular formula is C21H23ClO7. The van der Waals surface area contributed by atoms with Crippen molar-refractivity contribution in [2.45, 2.75) is 45.0 Å². The Kier molecular flexibility index (Phi) is 5.03. The van der Waals surface area contributed by atoms with Crippen molar-refractivity contribution in [2.24, 2.45) is 16.7 Å². The fourth-order valence-electron chi connectivity index (χ4n) is 5.19. The first-order valence-corrected chi connectivity index (χ1v) is 9.58. The van der Waals surface area contributed by atoms with E-state index < -0.39 is 64.1 Å². The smallest absolute Gasteiger partial charge is 0.183 e. The summed E-state index contributed by atoms with van der Waals surface area (Å²) >= 11 is 6.02. The van der Waals surface area contributed by atoms with Gasteiger partial charge in [0.15, 0.2) is 17.3 Å². The van der Waals surface area contributed by atoms with E-state index in [0.29, 0.717) is 0 Å². The summed E-state index contributed by atoms with van der Waals surface area (Å²) in [6.45, 7) is 4.16. The molecule has 0 unspecified atom stereocenters. The van der Waals surface area contributed by atoms with E-state index in [9.17, 15) is 34.8 Å². The second-order valence-corrected chi connectivity index (χ2v) is 8.66. The molecule has 0 aromatic heterocycles. The molecule has 4 aliphatic carbocycles. The lowest BCUT2D eigenvalue weighted by atomic mass is 9.40. The van der Waals surface area contributed by atoms with Gasteiger partial charge in [-0.3, -0.25) is 14.4 Å². The van der Waals surface area contributed by atoms with E-state index in [4.69, 9.17) is 11.6 Å². The largest absolute Gasteiger partial charge is 0.508 e. The van der Waals surface area contributed by atoms with Crippen LogP contribution >= 0.6 is 11.6 Å². The Morgan fingerprint density at radius 3 is 2.38 bits per heavy atom. The van der Waals surface area contributed by atoms with Crippen molar-refractivity contribution < 1.29 is 34.8 Å². The predicted molar refractivity (Wildman–Crippen MR) is 104 cm³/mol. The third-order valence-electron chi connectivity index (χ3n) is 6.36. The molecule has 4 rings (SSSR count). The summed E-state index contributed by atoms with van der Waals surface area (Å²) in [5.74, 6) is -4.45. The van der Waals surface area contributed by atoms with Gasteiger partial charge >= 0.3 is 0 Å². The summed E-state index contributed by atoms with van der Waals surface area (Å²) in [5, 5.41) is 42.6. The molecule has 8 heteroatoms. The first kappa shape index (κ1) is 21.6. The highest BCUT2D eigenvalue weighted by atomic mass is 35.5. The molecule has 4 N–H and O–H groups in total. The van der Waals surface area contributed by atoms with Crippen molar-refractivity contribution in [1.29, 1.82) is 0 Å². The zero-order chi connectivity index (χ0) is 21.9. The second kappa shape index (κ2) is 6.74. The Morgan fingerprint density at radius 1 is 1.17 bits per heavy atom. The van der Waals surface area contributed by atoms with Crippen molar-refractivity contribution in [1.82, 2.24) is 0 Å². The zero-order valence-corrected chi connectivity index (χ0v) is 17.0. The molecule has 4 aliphatic rings. The number of hydrogen-bond acceptors (Lipinski definition) is 7. The Labute approximate surface area is 172 Å². The summed E-state index contributed by atoms with van der Waals surface area (Å²) in [7, 11) is 0. The highest BCUT2D eigenvalue weighted by Gasteiger charge is 2.77. The molecule has 3 saturated carbocycles. The van der Waals surface area contributed by atoms with Gasteiger partial charge in [-0.1, -0.05) is 29.8 Å². The molecule has 0 saturated heterocycles.